The molecule has 2 aliphatic rings. The van der Waals surface area contributed by atoms with E-state index in [1.807, 2.05) is 0 Å². The molecule has 0 radical (unpaired) electrons. The van der Waals surface area contributed by atoms with E-state index in [1.54, 1.807) is 5.57 Å². The molecule has 1 amide bonds. The zero-order valence-electron chi connectivity index (χ0n) is 11.7. The van der Waals surface area contributed by atoms with E-state index in [0.717, 1.165) is 26.0 Å². The normalized spacial score (nSPS) is 23.4. The van der Waals surface area contributed by atoms with Gasteiger partial charge in [-0.05, 0) is 44.8 Å². The molecular formula is C15H24N2O. The second-order valence-corrected chi connectivity index (χ2v) is 5.60. The Bertz CT molecular complexity index is 378. The highest BCUT2D eigenvalue weighted by Crippen LogP contribution is 2.31. The maximum absolute atomic E-state index is 10.3. The summed E-state index contributed by atoms with van der Waals surface area (Å²) in [4.78, 5) is 12.8. The van der Waals surface area contributed by atoms with E-state index in [9.17, 15) is 4.79 Å². The first-order chi connectivity index (χ1) is 8.63. The molecule has 0 bridgehead atoms. The van der Waals surface area contributed by atoms with Gasteiger partial charge in [-0.15, -0.1) is 0 Å². The van der Waals surface area contributed by atoms with E-state index in [1.165, 1.54) is 24.0 Å². The molecule has 0 aromatic carbocycles. The van der Waals surface area contributed by atoms with Crippen LogP contribution in [0.4, 0.5) is 0 Å². The van der Waals surface area contributed by atoms with Crippen molar-refractivity contribution in [1.82, 2.24) is 10.2 Å². The van der Waals surface area contributed by atoms with Crippen molar-refractivity contribution in [3.63, 3.8) is 0 Å². The first-order valence-electron chi connectivity index (χ1n) is 6.91. The summed E-state index contributed by atoms with van der Waals surface area (Å²) in [5.74, 6) is 0.638. The van der Waals surface area contributed by atoms with Crippen molar-refractivity contribution < 1.29 is 4.79 Å². The van der Waals surface area contributed by atoms with Crippen molar-refractivity contribution in [2.24, 2.45) is 5.92 Å². The summed E-state index contributed by atoms with van der Waals surface area (Å²) >= 11 is 0. The van der Waals surface area contributed by atoms with Gasteiger partial charge in [0.05, 0.1) is 0 Å². The first kappa shape index (κ1) is 13.3. The topological polar surface area (TPSA) is 32.3 Å². The van der Waals surface area contributed by atoms with Gasteiger partial charge >= 0.3 is 0 Å². The number of nitrogens with one attached hydrogen (secondary N) is 1. The van der Waals surface area contributed by atoms with E-state index >= 15 is 0 Å². The van der Waals surface area contributed by atoms with Gasteiger partial charge in [0.25, 0.3) is 0 Å². The van der Waals surface area contributed by atoms with Gasteiger partial charge in [-0.3, -0.25) is 9.69 Å². The van der Waals surface area contributed by atoms with Crippen LogP contribution in [-0.2, 0) is 4.79 Å². The fraction of sp³-hybridized carbons (Fsp3) is 0.667. The quantitative estimate of drug-likeness (QED) is 0.756. The van der Waals surface area contributed by atoms with E-state index in [2.05, 4.69) is 37.1 Å². The van der Waals surface area contributed by atoms with Crippen molar-refractivity contribution >= 4 is 6.41 Å². The molecule has 1 heterocycles. The Morgan fingerprint density at radius 1 is 1.50 bits per heavy atom. The summed E-state index contributed by atoms with van der Waals surface area (Å²) < 4.78 is 0. The molecule has 2 rings (SSSR count). The van der Waals surface area contributed by atoms with Crippen molar-refractivity contribution in [3.05, 3.63) is 22.8 Å². The number of hydrogen-bond acceptors (Lipinski definition) is 2. The molecule has 1 fully saturated rings. The molecule has 0 aromatic heterocycles. The molecule has 1 aliphatic heterocycles. The van der Waals surface area contributed by atoms with Crippen molar-refractivity contribution in [2.45, 2.75) is 39.7 Å². The third-order valence-electron chi connectivity index (χ3n) is 4.46. The molecule has 100 valence electrons. The number of hydrogen-bond donors (Lipinski definition) is 1. The van der Waals surface area contributed by atoms with Crippen molar-refractivity contribution in [3.8, 4) is 0 Å². The number of carbonyl (C=O) groups excluding carboxylic acids is 1. The summed E-state index contributed by atoms with van der Waals surface area (Å²) in [7, 11) is 0. The van der Waals surface area contributed by atoms with Crippen LogP contribution in [0.15, 0.2) is 22.8 Å². The Morgan fingerprint density at radius 3 is 2.89 bits per heavy atom. The molecule has 0 spiro atoms. The summed E-state index contributed by atoms with van der Waals surface area (Å²) in [5, 5.41) is 2.78. The molecule has 1 saturated heterocycles. The minimum Gasteiger partial charge on any atom is -0.358 e. The van der Waals surface area contributed by atoms with Crippen LogP contribution in [0.5, 0.6) is 0 Å². The van der Waals surface area contributed by atoms with Gasteiger partial charge in [-0.1, -0.05) is 11.6 Å². The lowest BCUT2D eigenvalue weighted by Gasteiger charge is -2.44. The van der Waals surface area contributed by atoms with E-state index in [-0.39, 0.29) is 0 Å². The fourth-order valence-corrected chi connectivity index (χ4v) is 3.05. The minimum atomic E-state index is 0.557. The summed E-state index contributed by atoms with van der Waals surface area (Å²) in [6, 6.07) is 0.557. The van der Waals surface area contributed by atoms with E-state index in [4.69, 9.17) is 0 Å². The largest absolute Gasteiger partial charge is 0.358 e. The summed E-state index contributed by atoms with van der Waals surface area (Å²) in [5.41, 5.74) is 4.54. The van der Waals surface area contributed by atoms with E-state index < -0.39 is 0 Å². The van der Waals surface area contributed by atoms with Crippen LogP contribution >= 0.6 is 0 Å². The molecule has 0 saturated carbocycles. The Balaban J connectivity index is 1.90. The Morgan fingerprint density at radius 2 is 2.22 bits per heavy atom. The van der Waals surface area contributed by atoms with Gasteiger partial charge in [-0.2, -0.15) is 0 Å². The van der Waals surface area contributed by atoms with Gasteiger partial charge in [-0.25, -0.2) is 0 Å². The predicted octanol–water partition coefficient (Wildman–Crippen LogP) is 2.11. The molecular weight excluding hydrogens is 224 g/mol. The zero-order chi connectivity index (χ0) is 13.1. The van der Waals surface area contributed by atoms with Crippen LogP contribution in [0.25, 0.3) is 0 Å². The summed E-state index contributed by atoms with van der Waals surface area (Å²) in [6.45, 7) is 9.84. The fourth-order valence-electron chi connectivity index (χ4n) is 3.05. The number of nitrogens with zero attached hydrogens (tertiary/aromatic N) is 1. The van der Waals surface area contributed by atoms with Crippen LogP contribution in [0.2, 0.25) is 0 Å². The van der Waals surface area contributed by atoms with Gasteiger partial charge in [0.1, 0.15) is 0 Å². The highest BCUT2D eigenvalue weighted by atomic mass is 16.1. The monoisotopic (exact) mass is 248 g/mol. The minimum absolute atomic E-state index is 0.557. The third-order valence-corrected chi connectivity index (χ3v) is 4.46. The Hall–Kier alpha value is -1.09. The second-order valence-electron chi connectivity index (χ2n) is 5.60. The van der Waals surface area contributed by atoms with Gasteiger partial charge in [0, 0.05) is 31.6 Å². The average Bonchev–Trinajstić information content (AvgIpc) is 2.30. The molecule has 1 N–H and O–H groups in total. The number of carbonyl (C=O) groups is 1. The van der Waals surface area contributed by atoms with Gasteiger partial charge in [0.15, 0.2) is 0 Å². The molecule has 1 unspecified atom stereocenters. The Labute approximate surface area is 110 Å². The highest BCUT2D eigenvalue weighted by molar-refractivity contribution is 5.45. The van der Waals surface area contributed by atoms with Crippen LogP contribution in [0.1, 0.15) is 33.6 Å². The number of allylic oxidation sites excluding steroid dienone is 3. The zero-order valence-corrected chi connectivity index (χ0v) is 11.7. The lowest BCUT2D eigenvalue weighted by Crippen LogP contribution is -2.54. The van der Waals surface area contributed by atoms with Crippen LogP contribution in [0, 0.1) is 5.92 Å². The molecule has 0 aromatic rings. The van der Waals surface area contributed by atoms with Crippen LogP contribution in [-0.4, -0.2) is 37.0 Å². The van der Waals surface area contributed by atoms with Crippen LogP contribution in [0.3, 0.4) is 0 Å². The summed E-state index contributed by atoms with van der Waals surface area (Å²) in [6.07, 6.45) is 5.54. The Kier molecular flexibility index (Phi) is 4.23. The molecule has 3 heteroatoms. The molecule has 3 nitrogen and oxygen atoms in total. The number of rotatable bonds is 5. The SMILES string of the molecule is CC1=CCCC(C(C)N2CC(CNC=O)C2)=C1C. The average molecular weight is 248 g/mol. The van der Waals surface area contributed by atoms with Gasteiger partial charge in [0.2, 0.25) is 6.41 Å². The highest BCUT2D eigenvalue weighted by Gasteiger charge is 2.32. The lowest BCUT2D eigenvalue weighted by molar-refractivity contribution is -0.110. The van der Waals surface area contributed by atoms with Gasteiger partial charge < -0.3 is 5.32 Å². The van der Waals surface area contributed by atoms with Crippen LogP contribution < -0.4 is 5.32 Å². The molecule has 18 heavy (non-hydrogen) atoms. The predicted molar refractivity (Wildman–Crippen MR) is 74.3 cm³/mol. The number of likely N-dealkylation sites (tertiary alicyclic amines) is 1. The molecule has 1 aliphatic carbocycles. The van der Waals surface area contributed by atoms with Crippen molar-refractivity contribution in [1.29, 1.82) is 0 Å². The second kappa shape index (κ2) is 5.70. The lowest BCUT2D eigenvalue weighted by atomic mass is 9.86. The molecule has 1 atom stereocenters. The van der Waals surface area contributed by atoms with E-state index in [0.29, 0.717) is 12.0 Å². The first-order valence-corrected chi connectivity index (χ1v) is 6.91. The third kappa shape index (κ3) is 2.66. The smallest absolute Gasteiger partial charge is 0.207 e. The number of amides is 1. The maximum atomic E-state index is 10.3. The maximum Gasteiger partial charge on any atom is 0.207 e. The van der Waals surface area contributed by atoms with Crippen molar-refractivity contribution in [2.75, 3.05) is 19.6 Å². The standard InChI is InChI=1S/C15H24N2O/c1-11-5-4-6-15(12(11)2)13(3)17-8-14(9-17)7-16-10-18/h5,10,13-14H,4,6-9H2,1-3H3,(H,16,18).